The minimum Gasteiger partial charge on any atom is -0.449 e. The molecule has 0 fully saturated rings. The Bertz CT molecular complexity index is 866. The van der Waals surface area contributed by atoms with Gasteiger partial charge in [0.2, 0.25) is 0 Å². The maximum atomic E-state index is 13.0. The Morgan fingerprint density at radius 2 is 1.96 bits per heavy atom. The van der Waals surface area contributed by atoms with Crippen LogP contribution in [0, 0.1) is 15.9 Å². The summed E-state index contributed by atoms with van der Waals surface area (Å²) in [6, 6.07) is 11.0. The molecular formula is C18H15FN2O5. The van der Waals surface area contributed by atoms with Crippen LogP contribution in [0.1, 0.15) is 12.5 Å². The fourth-order valence-electron chi connectivity index (χ4n) is 1.98. The van der Waals surface area contributed by atoms with Gasteiger partial charge < -0.3 is 10.1 Å². The highest BCUT2D eigenvalue weighted by Crippen LogP contribution is 2.17. The molecule has 1 N–H and O–H groups in total. The summed E-state index contributed by atoms with van der Waals surface area (Å²) in [5.74, 6) is -1.86. The second-order valence-electron chi connectivity index (χ2n) is 5.26. The van der Waals surface area contributed by atoms with Gasteiger partial charge in [-0.1, -0.05) is 18.2 Å². The number of ether oxygens (including phenoxy) is 1. The number of nitrogens with one attached hydrogen (secondary N) is 1. The largest absolute Gasteiger partial charge is 0.449 e. The number of nitrogens with zero attached hydrogens (tertiary/aromatic N) is 1. The van der Waals surface area contributed by atoms with Crippen LogP contribution in [0.5, 0.6) is 0 Å². The van der Waals surface area contributed by atoms with Crippen LogP contribution < -0.4 is 5.32 Å². The first-order valence-electron chi connectivity index (χ1n) is 7.55. The van der Waals surface area contributed by atoms with Crippen LogP contribution in [0.15, 0.2) is 54.6 Å². The normalized spacial score (nSPS) is 11.8. The summed E-state index contributed by atoms with van der Waals surface area (Å²) in [4.78, 5) is 33.9. The van der Waals surface area contributed by atoms with Gasteiger partial charge in [-0.25, -0.2) is 9.18 Å². The van der Waals surface area contributed by atoms with E-state index in [0.717, 1.165) is 6.08 Å². The number of hydrogen-bond donors (Lipinski definition) is 1. The number of benzene rings is 2. The summed E-state index contributed by atoms with van der Waals surface area (Å²) >= 11 is 0. The first-order valence-corrected chi connectivity index (χ1v) is 7.55. The van der Waals surface area contributed by atoms with Crippen LogP contribution in [-0.2, 0) is 14.3 Å². The Labute approximate surface area is 148 Å². The van der Waals surface area contributed by atoms with Gasteiger partial charge in [-0.2, -0.15) is 0 Å². The summed E-state index contributed by atoms with van der Waals surface area (Å²) in [6.07, 6.45) is 1.31. The van der Waals surface area contributed by atoms with Gasteiger partial charge in [0.05, 0.1) is 4.92 Å². The SMILES string of the molecule is CC(OC(=O)C=Cc1cccc(F)c1)C(=O)Nc1cccc([N+](=O)[O-])c1. The molecule has 0 aliphatic heterocycles. The lowest BCUT2D eigenvalue weighted by Gasteiger charge is -2.12. The predicted molar refractivity (Wildman–Crippen MR) is 92.7 cm³/mol. The lowest BCUT2D eigenvalue weighted by Crippen LogP contribution is -2.29. The van der Waals surface area contributed by atoms with E-state index in [1.54, 1.807) is 6.07 Å². The van der Waals surface area contributed by atoms with Crippen molar-refractivity contribution in [2.75, 3.05) is 5.32 Å². The Kier molecular flexibility index (Phi) is 6.15. The van der Waals surface area contributed by atoms with Crippen LogP contribution >= 0.6 is 0 Å². The molecule has 134 valence electrons. The fourth-order valence-corrected chi connectivity index (χ4v) is 1.98. The maximum absolute atomic E-state index is 13.0. The first-order chi connectivity index (χ1) is 12.3. The molecule has 0 heterocycles. The number of nitro groups is 1. The number of halogens is 1. The molecule has 0 bridgehead atoms. The standard InChI is InChI=1S/C18H15FN2O5/c1-12(18(23)20-15-6-3-7-16(11-15)21(24)25)26-17(22)9-8-13-4-2-5-14(19)10-13/h2-12H,1H3,(H,20,23). The molecule has 0 radical (unpaired) electrons. The number of carbonyl (C=O) groups excluding carboxylic acids is 2. The average Bonchev–Trinajstić information content (AvgIpc) is 2.60. The van der Waals surface area contributed by atoms with E-state index in [1.807, 2.05) is 0 Å². The second kappa shape index (κ2) is 8.52. The van der Waals surface area contributed by atoms with Gasteiger partial charge in [-0.05, 0) is 36.8 Å². The number of esters is 1. The van der Waals surface area contributed by atoms with E-state index in [-0.39, 0.29) is 11.4 Å². The molecule has 0 aromatic heterocycles. The van der Waals surface area contributed by atoms with Crippen LogP contribution in [0.25, 0.3) is 6.08 Å². The van der Waals surface area contributed by atoms with Gasteiger partial charge in [-0.3, -0.25) is 14.9 Å². The van der Waals surface area contributed by atoms with Crippen LogP contribution in [0.2, 0.25) is 0 Å². The maximum Gasteiger partial charge on any atom is 0.331 e. The molecule has 2 aromatic carbocycles. The summed E-state index contributed by atoms with van der Waals surface area (Å²) in [6.45, 7) is 1.36. The summed E-state index contributed by atoms with van der Waals surface area (Å²) in [7, 11) is 0. The summed E-state index contributed by atoms with van der Waals surface area (Å²) < 4.78 is 18.0. The first kappa shape index (κ1) is 18.8. The molecule has 1 atom stereocenters. The molecule has 0 saturated carbocycles. The van der Waals surface area contributed by atoms with Crippen molar-refractivity contribution in [1.29, 1.82) is 0 Å². The van der Waals surface area contributed by atoms with Gasteiger partial charge in [0, 0.05) is 23.9 Å². The van der Waals surface area contributed by atoms with Crippen LogP contribution in [0.4, 0.5) is 15.8 Å². The smallest absolute Gasteiger partial charge is 0.331 e. The van der Waals surface area contributed by atoms with E-state index in [9.17, 15) is 24.1 Å². The molecule has 1 unspecified atom stereocenters. The third-order valence-corrected chi connectivity index (χ3v) is 3.25. The monoisotopic (exact) mass is 358 g/mol. The topological polar surface area (TPSA) is 98.5 Å². The number of non-ortho nitro benzene ring substituents is 1. The van der Waals surface area contributed by atoms with Crippen molar-refractivity contribution in [2.24, 2.45) is 0 Å². The lowest BCUT2D eigenvalue weighted by molar-refractivity contribution is -0.384. The van der Waals surface area contributed by atoms with Gasteiger partial charge in [0.1, 0.15) is 5.82 Å². The number of carbonyl (C=O) groups is 2. The molecule has 1 amide bonds. The number of hydrogen-bond acceptors (Lipinski definition) is 5. The fraction of sp³-hybridized carbons (Fsp3) is 0.111. The third kappa shape index (κ3) is 5.52. The van der Waals surface area contributed by atoms with Crippen molar-refractivity contribution in [3.63, 3.8) is 0 Å². The highest BCUT2D eigenvalue weighted by molar-refractivity contribution is 5.96. The molecule has 0 spiro atoms. The average molecular weight is 358 g/mol. The molecule has 0 aliphatic carbocycles. The number of nitro benzene ring substituents is 1. The minimum absolute atomic E-state index is 0.175. The molecular weight excluding hydrogens is 343 g/mol. The zero-order valence-electron chi connectivity index (χ0n) is 13.7. The summed E-state index contributed by atoms with van der Waals surface area (Å²) in [5.41, 5.74) is 0.503. The van der Waals surface area contributed by atoms with Crippen molar-refractivity contribution >= 4 is 29.3 Å². The van der Waals surface area contributed by atoms with Crippen molar-refractivity contribution in [2.45, 2.75) is 13.0 Å². The quantitative estimate of drug-likeness (QED) is 0.370. The Morgan fingerprint density at radius 3 is 2.65 bits per heavy atom. The molecule has 8 heteroatoms. The highest BCUT2D eigenvalue weighted by atomic mass is 19.1. The van der Waals surface area contributed by atoms with E-state index in [0.29, 0.717) is 5.56 Å². The van der Waals surface area contributed by atoms with Crippen molar-refractivity contribution in [1.82, 2.24) is 0 Å². The number of rotatable bonds is 6. The van der Waals surface area contributed by atoms with Gasteiger partial charge in [-0.15, -0.1) is 0 Å². The Morgan fingerprint density at radius 1 is 1.23 bits per heavy atom. The molecule has 7 nitrogen and oxygen atoms in total. The highest BCUT2D eigenvalue weighted by Gasteiger charge is 2.17. The summed E-state index contributed by atoms with van der Waals surface area (Å²) in [5, 5.41) is 13.1. The second-order valence-corrected chi connectivity index (χ2v) is 5.26. The van der Waals surface area contributed by atoms with Gasteiger partial charge in [0.25, 0.3) is 11.6 Å². The van der Waals surface area contributed by atoms with Gasteiger partial charge >= 0.3 is 5.97 Å². The van der Waals surface area contributed by atoms with Crippen molar-refractivity contribution < 1.29 is 23.6 Å². The molecule has 2 rings (SSSR count). The van der Waals surface area contributed by atoms with Gasteiger partial charge in [0.15, 0.2) is 6.10 Å². The van der Waals surface area contributed by atoms with E-state index in [1.165, 1.54) is 55.5 Å². The van der Waals surface area contributed by atoms with Crippen LogP contribution in [-0.4, -0.2) is 22.9 Å². The lowest BCUT2D eigenvalue weighted by atomic mass is 10.2. The minimum atomic E-state index is -1.13. The zero-order valence-corrected chi connectivity index (χ0v) is 13.7. The van der Waals surface area contributed by atoms with E-state index in [4.69, 9.17) is 4.74 Å². The van der Waals surface area contributed by atoms with E-state index in [2.05, 4.69) is 5.32 Å². The van der Waals surface area contributed by atoms with Crippen molar-refractivity contribution in [3.8, 4) is 0 Å². The predicted octanol–water partition coefficient (Wildman–Crippen LogP) is 3.32. The molecule has 2 aromatic rings. The zero-order chi connectivity index (χ0) is 19.1. The Hall–Kier alpha value is -3.55. The molecule has 0 saturated heterocycles. The van der Waals surface area contributed by atoms with E-state index < -0.39 is 28.7 Å². The number of anilines is 1. The molecule has 26 heavy (non-hydrogen) atoms. The molecule has 0 aliphatic rings. The third-order valence-electron chi connectivity index (χ3n) is 3.25. The van der Waals surface area contributed by atoms with Crippen LogP contribution in [0.3, 0.4) is 0 Å². The Balaban J connectivity index is 1.93. The van der Waals surface area contributed by atoms with E-state index >= 15 is 0 Å². The van der Waals surface area contributed by atoms with Crippen molar-refractivity contribution in [3.05, 3.63) is 76.1 Å². The number of amides is 1.